The first-order chi connectivity index (χ1) is 16.2. The van der Waals surface area contributed by atoms with Crippen molar-refractivity contribution in [3.05, 3.63) is 40.3 Å². The molecular weight excluding hydrogens is 452 g/mol. The third kappa shape index (κ3) is 4.78. The first-order valence-corrected chi connectivity index (χ1v) is 10.7. The fraction of sp³-hybridized carbons (Fsp3) is 0.429. The first-order valence-electron chi connectivity index (χ1n) is 10.7. The third-order valence-electron chi connectivity index (χ3n) is 5.44. The van der Waals surface area contributed by atoms with E-state index < -0.39 is 23.6 Å². The highest BCUT2D eigenvalue weighted by Crippen LogP contribution is 2.29. The second-order valence-electron chi connectivity index (χ2n) is 7.91. The average Bonchev–Trinajstić information content (AvgIpc) is 3.18. The molecule has 13 heteroatoms. The normalized spacial score (nSPS) is 15.0. The van der Waals surface area contributed by atoms with E-state index in [0.717, 1.165) is 12.1 Å². The van der Waals surface area contributed by atoms with E-state index in [0.29, 0.717) is 43.2 Å². The molecule has 1 saturated heterocycles. The predicted molar refractivity (Wildman–Crippen MR) is 120 cm³/mol. The average molecular weight is 477 g/mol. The van der Waals surface area contributed by atoms with E-state index in [-0.39, 0.29) is 30.2 Å². The Morgan fingerprint density at radius 2 is 1.82 bits per heavy atom. The van der Waals surface area contributed by atoms with E-state index in [2.05, 4.69) is 15.1 Å². The highest BCUT2D eigenvalue weighted by atomic mass is 19.1. The minimum atomic E-state index is -0.765. The highest BCUT2D eigenvalue weighted by molar-refractivity contribution is 5.75. The summed E-state index contributed by atoms with van der Waals surface area (Å²) in [5.41, 5.74) is 5.39. The number of aromatic nitrogens is 4. The SMILES string of the molecule is C[C@H](N)C(=O)OCCOc1cc(F)c(N2CCN(c3nc4c(cnn4C)c(=O)[nH]3)CC2)c(F)c1. The number of nitrogens with zero attached hydrogens (tertiary/aromatic N) is 5. The van der Waals surface area contributed by atoms with Gasteiger partial charge in [0.1, 0.15) is 36.1 Å². The van der Waals surface area contributed by atoms with Gasteiger partial charge in [0.2, 0.25) is 5.95 Å². The fourth-order valence-electron chi connectivity index (χ4n) is 3.67. The van der Waals surface area contributed by atoms with Crippen molar-refractivity contribution in [1.29, 1.82) is 0 Å². The number of esters is 1. The molecule has 3 N–H and O–H groups in total. The molecule has 0 bridgehead atoms. The molecule has 0 radical (unpaired) electrons. The Morgan fingerprint density at radius 1 is 1.18 bits per heavy atom. The number of aryl methyl sites for hydroxylation is 1. The number of H-pyrrole nitrogens is 1. The van der Waals surface area contributed by atoms with Crippen LogP contribution in [0.3, 0.4) is 0 Å². The summed E-state index contributed by atoms with van der Waals surface area (Å²) in [4.78, 5) is 34.3. The van der Waals surface area contributed by atoms with Crippen molar-refractivity contribution in [2.45, 2.75) is 13.0 Å². The molecule has 1 fully saturated rings. The van der Waals surface area contributed by atoms with Crippen LogP contribution in [0, 0.1) is 11.6 Å². The van der Waals surface area contributed by atoms with Crippen molar-refractivity contribution in [3.8, 4) is 5.75 Å². The number of benzene rings is 1. The summed E-state index contributed by atoms with van der Waals surface area (Å²) in [6, 6.07) is 1.42. The number of nitrogens with one attached hydrogen (secondary N) is 1. The second-order valence-corrected chi connectivity index (χ2v) is 7.91. The van der Waals surface area contributed by atoms with Gasteiger partial charge in [-0.1, -0.05) is 0 Å². The lowest BCUT2D eigenvalue weighted by atomic mass is 10.2. The van der Waals surface area contributed by atoms with Crippen molar-refractivity contribution in [1.82, 2.24) is 19.7 Å². The fourth-order valence-corrected chi connectivity index (χ4v) is 3.67. The van der Waals surface area contributed by atoms with Crippen LogP contribution in [0.5, 0.6) is 5.75 Å². The summed E-state index contributed by atoms with van der Waals surface area (Å²) < 4.78 is 41.2. The monoisotopic (exact) mass is 477 g/mol. The number of piperazine rings is 1. The Bertz CT molecular complexity index is 1230. The van der Waals surface area contributed by atoms with Gasteiger partial charge in [-0.3, -0.25) is 19.3 Å². The number of anilines is 2. The van der Waals surface area contributed by atoms with Gasteiger partial charge in [-0.15, -0.1) is 0 Å². The van der Waals surface area contributed by atoms with E-state index in [1.165, 1.54) is 17.8 Å². The number of carbonyl (C=O) groups excluding carboxylic acids is 1. The molecule has 4 rings (SSSR count). The van der Waals surface area contributed by atoms with Gasteiger partial charge in [-0.2, -0.15) is 10.1 Å². The molecule has 0 spiro atoms. The smallest absolute Gasteiger partial charge is 0.322 e. The van der Waals surface area contributed by atoms with Crippen molar-refractivity contribution >= 4 is 28.6 Å². The minimum absolute atomic E-state index is 0.0134. The van der Waals surface area contributed by atoms with Gasteiger partial charge in [0.25, 0.3) is 5.56 Å². The molecule has 3 aromatic rings. The van der Waals surface area contributed by atoms with Crippen molar-refractivity contribution in [2.24, 2.45) is 12.8 Å². The number of ether oxygens (including phenoxy) is 2. The zero-order valence-electron chi connectivity index (χ0n) is 18.8. The lowest BCUT2D eigenvalue weighted by molar-refractivity contribution is -0.145. The standard InChI is InChI=1S/C21H25F2N7O4/c1-12(24)20(32)34-8-7-33-13-9-15(22)17(16(23)10-13)29-3-5-30(6-4-29)21-26-18-14(19(31)27-21)11-25-28(18)2/h9-12H,3-8,24H2,1-2H3,(H,26,27,31)/t12-/m0/s1. The summed E-state index contributed by atoms with van der Waals surface area (Å²) in [5.74, 6) is -1.75. The van der Waals surface area contributed by atoms with E-state index in [1.807, 2.05) is 4.90 Å². The lowest BCUT2D eigenvalue weighted by Gasteiger charge is -2.36. The molecule has 11 nitrogen and oxygen atoms in total. The van der Waals surface area contributed by atoms with Crippen LogP contribution in [0.1, 0.15) is 6.92 Å². The number of hydrogen-bond acceptors (Lipinski definition) is 9. The first kappa shape index (κ1) is 23.4. The molecule has 34 heavy (non-hydrogen) atoms. The van der Waals surface area contributed by atoms with E-state index in [1.54, 1.807) is 11.9 Å². The minimum Gasteiger partial charge on any atom is -0.490 e. The van der Waals surface area contributed by atoms with Crippen LogP contribution in [0.15, 0.2) is 23.1 Å². The zero-order chi connectivity index (χ0) is 24.4. The number of carbonyl (C=O) groups is 1. The maximum atomic E-state index is 14.7. The molecule has 0 aliphatic carbocycles. The van der Waals surface area contributed by atoms with E-state index in [9.17, 15) is 18.4 Å². The van der Waals surface area contributed by atoms with E-state index in [4.69, 9.17) is 15.2 Å². The largest absolute Gasteiger partial charge is 0.490 e. The molecule has 1 atom stereocenters. The molecular formula is C21H25F2N7O4. The number of fused-ring (bicyclic) bond motifs is 1. The van der Waals surface area contributed by atoms with Crippen LogP contribution in [0.4, 0.5) is 20.4 Å². The van der Waals surface area contributed by atoms with Gasteiger partial charge in [-0.05, 0) is 6.92 Å². The van der Waals surface area contributed by atoms with Gasteiger partial charge in [-0.25, -0.2) is 8.78 Å². The summed E-state index contributed by atoms with van der Waals surface area (Å²) in [7, 11) is 1.70. The van der Waals surface area contributed by atoms with Crippen LogP contribution in [0.2, 0.25) is 0 Å². The second kappa shape index (κ2) is 9.63. The predicted octanol–water partition coefficient (Wildman–Crippen LogP) is 0.531. The van der Waals surface area contributed by atoms with Gasteiger partial charge in [0.05, 0.1) is 6.20 Å². The molecule has 1 aliphatic rings. The summed E-state index contributed by atoms with van der Waals surface area (Å²) >= 11 is 0. The van der Waals surface area contributed by atoms with Crippen LogP contribution < -0.4 is 25.8 Å². The quantitative estimate of drug-likeness (QED) is 0.369. The van der Waals surface area contributed by atoms with Crippen LogP contribution in [-0.2, 0) is 16.6 Å². The lowest BCUT2D eigenvalue weighted by Crippen LogP contribution is -2.48. The zero-order valence-corrected chi connectivity index (χ0v) is 18.8. The Labute approximate surface area is 193 Å². The molecule has 2 aromatic heterocycles. The van der Waals surface area contributed by atoms with Crippen molar-refractivity contribution < 1.29 is 23.0 Å². The van der Waals surface area contributed by atoms with Crippen LogP contribution in [0.25, 0.3) is 11.0 Å². The van der Waals surface area contributed by atoms with Crippen molar-refractivity contribution in [2.75, 3.05) is 49.2 Å². The molecule has 0 amide bonds. The molecule has 1 aromatic carbocycles. The molecule has 0 saturated carbocycles. The topological polar surface area (TPSA) is 132 Å². The molecule has 3 heterocycles. The summed E-state index contributed by atoms with van der Waals surface area (Å²) in [5, 5.41) is 4.44. The van der Waals surface area contributed by atoms with Gasteiger partial charge in [0, 0.05) is 45.4 Å². The molecule has 1 aliphatic heterocycles. The third-order valence-corrected chi connectivity index (χ3v) is 5.44. The summed E-state index contributed by atoms with van der Waals surface area (Å²) in [6.45, 7) is 2.75. The maximum Gasteiger partial charge on any atom is 0.322 e. The van der Waals surface area contributed by atoms with Gasteiger partial charge < -0.3 is 25.0 Å². The Balaban J connectivity index is 1.39. The van der Waals surface area contributed by atoms with Crippen molar-refractivity contribution in [3.63, 3.8) is 0 Å². The Hall–Kier alpha value is -3.74. The van der Waals surface area contributed by atoms with Crippen LogP contribution in [-0.4, -0.2) is 71.2 Å². The highest BCUT2D eigenvalue weighted by Gasteiger charge is 2.25. The Kier molecular flexibility index (Phi) is 6.63. The van der Waals surface area contributed by atoms with Crippen LogP contribution >= 0.6 is 0 Å². The number of halogens is 2. The number of rotatable bonds is 7. The number of aromatic amines is 1. The van der Waals surface area contributed by atoms with Gasteiger partial charge >= 0.3 is 5.97 Å². The van der Waals surface area contributed by atoms with E-state index >= 15 is 0 Å². The summed E-state index contributed by atoms with van der Waals surface area (Å²) in [6.07, 6.45) is 1.45. The van der Waals surface area contributed by atoms with Gasteiger partial charge in [0.15, 0.2) is 17.3 Å². The number of hydrogen-bond donors (Lipinski definition) is 2. The molecule has 182 valence electrons. The number of nitrogens with two attached hydrogens (primary N) is 1. The Morgan fingerprint density at radius 3 is 2.47 bits per heavy atom. The molecule has 0 unspecified atom stereocenters. The maximum absolute atomic E-state index is 14.7.